The number of carbonyl (C=O) groups is 1. The number of hydrogen-bond donors (Lipinski definition) is 1. The lowest BCUT2D eigenvalue weighted by molar-refractivity contribution is 0.0189. The Morgan fingerprint density at radius 2 is 2.23 bits per heavy atom. The number of nitrogens with one attached hydrogen (secondary N) is 1. The lowest BCUT2D eigenvalue weighted by Gasteiger charge is -2.17. The van der Waals surface area contributed by atoms with Gasteiger partial charge >= 0.3 is 12.2 Å². The van der Waals surface area contributed by atoms with Gasteiger partial charge in [-0.25, -0.2) is 9.78 Å². The lowest BCUT2D eigenvalue weighted by Crippen LogP contribution is -2.26. The average Bonchev–Trinajstić information content (AvgIpc) is 2.34. The summed E-state index contributed by atoms with van der Waals surface area (Å²) in [6.07, 6.45) is 2.28. The topological polar surface area (TPSA) is 64.2 Å². The fourth-order valence-electron chi connectivity index (χ4n) is 0.656. The molecule has 0 fully saturated rings. The fraction of sp³-hybridized carbons (Fsp3) is 0.500. The van der Waals surface area contributed by atoms with E-state index in [1.54, 1.807) is 27.0 Å². The van der Waals surface area contributed by atoms with E-state index >= 15 is 0 Å². The van der Waals surface area contributed by atoms with Crippen LogP contribution in [-0.4, -0.2) is 21.7 Å². The van der Waals surface area contributed by atoms with Gasteiger partial charge in [0.25, 0.3) is 0 Å². The number of ether oxygens (including phenoxy) is 2. The minimum Gasteiger partial charge on any atom is -0.428 e. The second-order valence-electron chi connectivity index (χ2n) is 3.46. The summed E-state index contributed by atoms with van der Waals surface area (Å²) in [4.78, 5) is 17.3. The quantitative estimate of drug-likeness (QED) is 0.675. The van der Waals surface area contributed by atoms with Gasteiger partial charge in [0, 0.05) is 12.4 Å². The molecule has 1 N–H and O–H groups in total. The number of hydrogen-bond acceptors (Lipinski definition) is 4. The number of H-pyrrole nitrogens is 1. The van der Waals surface area contributed by atoms with Crippen molar-refractivity contribution >= 4 is 6.16 Å². The third-order valence-corrected chi connectivity index (χ3v) is 1.04. The molecule has 72 valence electrons. The maximum Gasteiger partial charge on any atom is 0.516 e. The summed E-state index contributed by atoms with van der Waals surface area (Å²) in [5.41, 5.74) is -0.552. The van der Waals surface area contributed by atoms with Crippen molar-refractivity contribution in [2.75, 3.05) is 0 Å². The Balaban J connectivity index is 2.43. The van der Waals surface area contributed by atoms with Gasteiger partial charge in [-0.3, -0.25) is 0 Å². The first kappa shape index (κ1) is 9.57. The van der Waals surface area contributed by atoms with Crippen LogP contribution < -0.4 is 4.74 Å². The van der Waals surface area contributed by atoms with Crippen molar-refractivity contribution in [1.29, 1.82) is 0 Å². The van der Waals surface area contributed by atoms with Gasteiger partial charge in [0.2, 0.25) is 0 Å². The highest BCUT2D eigenvalue weighted by molar-refractivity contribution is 5.62. The Labute approximate surface area is 76.1 Å². The van der Waals surface area contributed by atoms with Gasteiger partial charge in [0.15, 0.2) is 0 Å². The Bertz CT molecular complexity index is 274. The van der Waals surface area contributed by atoms with Crippen molar-refractivity contribution in [3.8, 4) is 6.01 Å². The highest BCUT2D eigenvalue weighted by Crippen LogP contribution is 2.09. The van der Waals surface area contributed by atoms with Gasteiger partial charge in [-0.1, -0.05) is 0 Å². The molecule has 1 heterocycles. The Morgan fingerprint density at radius 3 is 2.69 bits per heavy atom. The second kappa shape index (κ2) is 3.47. The minimum atomic E-state index is -0.762. The molecule has 0 radical (unpaired) electrons. The molecule has 1 aromatic heterocycles. The number of carbonyl (C=O) groups excluding carboxylic acids is 1. The van der Waals surface area contributed by atoms with Gasteiger partial charge in [-0.05, 0) is 20.8 Å². The predicted molar refractivity (Wildman–Crippen MR) is 45.4 cm³/mol. The number of aromatic amines is 1. The summed E-state index contributed by atoms with van der Waals surface area (Å²) < 4.78 is 9.59. The second-order valence-corrected chi connectivity index (χ2v) is 3.46. The van der Waals surface area contributed by atoms with Gasteiger partial charge in [0.05, 0.1) is 0 Å². The van der Waals surface area contributed by atoms with Crippen LogP contribution in [0, 0.1) is 0 Å². The third-order valence-electron chi connectivity index (χ3n) is 1.04. The number of rotatable bonds is 1. The summed E-state index contributed by atoms with van der Waals surface area (Å²) >= 11 is 0. The van der Waals surface area contributed by atoms with Crippen molar-refractivity contribution in [3.63, 3.8) is 0 Å². The van der Waals surface area contributed by atoms with Crippen molar-refractivity contribution in [1.82, 2.24) is 9.97 Å². The van der Waals surface area contributed by atoms with E-state index in [2.05, 4.69) is 9.97 Å². The maximum absolute atomic E-state index is 11.0. The molecule has 1 rings (SSSR count). The van der Waals surface area contributed by atoms with Crippen LogP contribution in [0.4, 0.5) is 4.79 Å². The first-order valence-electron chi connectivity index (χ1n) is 3.87. The zero-order chi connectivity index (χ0) is 9.90. The van der Waals surface area contributed by atoms with Crippen molar-refractivity contribution in [2.45, 2.75) is 26.4 Å². The average molecular weight is 184 g/mol. The van der Waals surface area contributed by atoms with E-state index in [0.717, 1.165) is 0 Å². The normalized spacial score (nSPS) is 11.0. The SMILES string of the molecule is CC(C)(C)OC(=O)Oc1ncc[nH]1. The van der Waals surface area contributed by atoms with Crippen molar-refractivity contribution < 1.29 is 14.3 Å². The molecule has 5 heteroatoms. The molecule has 0 spiro atoms. The standard InChI is InChI=1S/C8H12N2O3/c1-8(2,3)13-7(11)12-6-9-4-5-10-6/h4-5H,1-3H3,(H,9,10). The number of aromatic nitrogens is 2. The molecular weight excluding hydrogens is 172 g/mol. The van der Waals surface area contributed by atoms with E-state index in [0.29, 0.717) is 0 Å². The Hall–Kier alpha value is -1.52. The van der Waals surface area contributed by atoms with Crippen LogP contribution in [0.5, 0.6) is 6.01 Å². The first-order chi connectivity index (χ1) is 5.97. The van der Waals surface area contributed by atoms with Gasteiger partial charge in [0.1, 0.15) is 5.60 Å². The molecule has 0 aliphatic carbocycles. The van der Waals surface area contributed by atoms with E-state index in [1.807, 2.05) is 0 Å². The highest BCUT2D eigenvalue weighted by atomic mass is 16.7. The number of nitrogens with zero attached hydrogens (tertiary/aromatic N) is 1. The van der Waals surface area contributed by atoms with Crippen molar-refractivity contribution in [3.05, 3.63) is 12.4 Å². The van der Waals surface area contributed by atoms with Crippen LogP contribution in [0.1, 0.15) is 20.8 Å². The molecule has 0 bridgehead atoms. The molecule has 5 nitrogen and oxygen atoms in total. The van der Waals surface area contributed by atoms with Crippen LogP contribution >= 0.6 is 0 Å². The lowest BCUT2D eigenvalue weighted by atomic mass is 10.2. The van der Waals surface area contributed by atoms with E-state index in [-0.39, 0.29) is 6.01 Å². The van der Waals surface area contributed by atoms with E-state index in [1.165, 1.54) is 6.20 Å². The van der Waals surface area contributed by atoms with Gasteiger partial charge in [-0.2, -0.15) is 0 Å². The van der Waals surface area contributed by atoms with Crippen LogP contribution in [0.15, 0.2) is 12.4 Å². The Kier molecular flexibility index (Phi) is 2.55. The predicted octanol–water partition coefficient (Wildman–Crippen LogP) is 1.72. The zero-order valence-corrected chi connectivity index (χ0v) is 7.83. The third kappa shape index (κ3) is 3.59. The first-order valence-corrected chi connectivity index (χ1v) is 3.87. The molecule has 0 aliphatic heterocycles. The van der Waals surface area contributed by atoms with Crippen LogP contribution in [0.2, 0.25) is 0 Å². The molecule has 0 saturated heterocycles. The smallest absolute Gasteiger partial charge is 0.428 e. The fourth-order valence-corrected chi connectivity index (χ4v) is 0.656. The molecule has 0 saturated carbocycles. The van der Waals surface area contributed by atoms with Crippen LogP contribution in [0.3, 0.4) is 0 Å². The molecule has 0 atom stereocenters. The molecule has 0 unspecified atom stereocenters. The Morgan fingerprint density at radius 1 is 1.54 bits per heavy atom. The highest BCUT2D eigenvalue weighted by Gasteiger charge is 2.18. The summed E-state index contributed by atoms with van der Waals surface area (Å²) in [6.45, 7) is 5.28. The van der Waals surface area contributed by atoms with Crippen LogP contribution in [-0.2, 0) is 4.74 Å². The summed E-state index contributed by atoms with van der Waals surface area (Å²) in [5, 5.41) is 0. The molecule has 13 heavy (non-hydrogen) atoms. The molecule has 0 aliphatic rings. The van der Waals surface area contributed by atoms with Crippen LogP contribution in [0.25, 0.3) is 0 Å². The van der Waals surface area contributed by atoms with Crippen molar-refractivity contribution in [2.24, 2.45) is 0 Å². The monoisotopic (exact) mass is 184 g/mol. The zero-order valence-electron chi connectivity index (χ0n) is 7.83. The number of imidazole rings is 1. The maximum atomic E-state index is 11.0. The largest absolute Gasteiger partial charge is 0.516 e. The van der Waals surface area contributed by atoms with Gasteiger partial charge < -0.3 is 14.5 Å². The molecule has 0 amide bonds. The van der Waals surface area contributed by atoms with Gasteiger partial charge in [-0.15, -0.1) is 0 Å². The molecule has 1 aromatic rings. The summed E-state index contributed by atoms with van der Waals surface area (Å²) in [5.74, 6) is 0. The summed E-state index contributed by atoms with van der Waals surface area (Å²) in [7, 11) is 0. The molecular formula is C8H12N2O3. The van der Waals surface area contributed by atoms with E-state index < -0.39 is 11.8 Å². The minimum absolute atomic E-state index is 0.134. The summed E-state index contributed by atoms with van der Waals surface area (Å²) in [6, 6.07) is 0.134. The molecule has 0 aromatic carbocycles. The van der Waals surface area contributed by atoms with E-state index in [9.17, 15) is 4.79 Å². The van der Waals surface area contributed by atoms with E-state index in [4.69, 9.17) is 9.47 Å².